The number of carbonyl (C=O) groups is 1. The summed E-state index contributed by atoms with van der Waals surface area (Å²) in [5, 5.41) is 7.14. The predicted octanol–water partition coefficient (Wildman–Crippen LogP) is 2.39. The largest absolute Gasteiger partial charge is 0.367 e. The first-order valence-electron chi connectivity index (χ1n) is 9.92. The van der Waals surface area contributed by atoms with Gasteiger partial charge in [-0.15, -0.1) is 0 Å². The van der Waals surface area contributed by atoms with Gasteiger partial charge in [0.2, 0.25) is 17.6 Å². The van der Waals surface area contributed by atoms with E-state index in [-0.39, 0.29) is 11.8 Å². The molecule has 29 heavy (non-hydrogen) atoms. The topological polar surface area (TPSA) is 97.0 Å². The predicted molar refractivity (Wildman–Crippen MR) is 106 cm³/mol. The van der Waals surface area contributed by atoms with Gasteiger partial charge in [0.15, 0.2) is 0 Å². The van der Waals surface area contributed by atoms with Gasteiger partial charge in [-0.25, -0.2) is 0 Å². The van der Waals surface area contributed by atoms with Crippen LogP contribution in [0.1, 0.15) is 41.5 Å². The Morgan fingerprint density at radius 1 is 1.24 bits per heavy atom. The van der Waals surface area contributed by atoms with Gasteiger partial charge in [-0.05, 0) is 43.0 Å². The number of rotatable bonds is 3. The highest BCUT2D eigenvalue weighted by Gasteiger charge is 2.28. The molecule has 0 spiro atoms. The summed E-state index contributed by atoms with van der Waals surface area (Å²) >= 11 is 0. The molecule has 1 fully saturated rings. The summed E-state index contributed by atoms with van der Waals surface area (Å²) in [6.07, 6.45) is 7.71. The van der Waals surface area contributed by atoms with Crippen LogP contribution in [0.5, 0.6) is 0 Å². The molecule has 0 radical (unpaired) electrons. The van der Waals surface area contributed by atoms with Crippen molar-refractivity contribution in [1.29, 1.82) is 0 Å². The van der Waals surface area contributed by atoms with Gasteiger partial charge >= 0.3 is 0 Å². The maximum atomic E-state index is 11.4. The number of hydrogen-bond acceptors (Lipinski definition) is 7. The van der Waals surface area contributed by atoms with E-state index in [1.807, 2.05) is 37.6 Å². The Bertz CT molecular complexity index is 1040. The Balaban J connectivity index is 1.44. The van der Waals surface area contributed by atoms with Crippen molar-refractivity contribution in [3.8, 4) is 11.4 Å². The van der Waals surface area contributed by atoms with Crippen molar-refractivity contribution in [2.24, 2.45) is 0 Å². The van der Waals surface area contributed by atoms with E-state index in [4.69, 9.17) is 4.52 Å². The van der Waals surface area contributed by atoms with Crippen LogP contribution in [0.3, 0.4) is 0 Å². The van der Waals surface area contributed by atoms with Crippen molar-refractivity contribution >= 4 is 11.6 Å². The van der Waals surface area contributed by atoms with Gasteiger partial charge in [0.25, 0.3) is 0 Å². The lowest BCUT2D eigenvalue weighted by molar-refractivity contribution is -0.122. The third-order valence-corrected chi connectivity index (χ3v) is 5.77. The molecule has 0 saturated carbocycles. The zero-order valence-corrected chi connectivity index (χ0v) is 16.3. The average Bonchev–Trinajstić information content (AvgIpc) is 3.24. The highest BCUT2D eigenvalue weighted by atomic mass is 16.5. The Kier molecular flexibility index (Phi) is 4.46. The molecule has 3 aromatic heterocycles. The molecule has 0 aromatic carbocycles. The standard InChI is InChI=1S/C21H22N6O2/c1-13-19(20-25-21(29-26-20)14-2-3-18(28)24-10-14)17-6-9-27(12-15(17)11-23-13)16-4-7-22-8-5-16/h4-5,7-8,11,14H,2-3,6,9-10,12H2,1H3,(H,24,28). The average molecular weight is 390 g/mol. The molecule has 0 bridgehead atoms. The molecule has 2 aliphatic heterocycles. The molecule has 8 nitrogen and oxygen atoms in total. The normalized spacial score (nSPS) is 19.0. The smallest absolute Gasteiger partial charge is 0.231 e. The molecule has 3 aromatic rings. The number of aryl methyl sites for hydroxylation is 1. The molecule has 0 aliphatic carbocycles. The quantitative estimate of drug-likeness (QED) is 0.733. The summed E-state index contributed by atoms with van der Waals surface area (Å²) in [5.41, 5.74) is 5.48. The van der Waals surface area contributed by atoms with Gasteiger partial charge in [-0.2, -0.15) is 4.98 Å². The van der Waals surface area contributed by atoms with Crippen LogP contribution in [-0.2, 0) is 17.8 Å². The van der Waals surface area contributed by atoms with Crippen LogP contribution in [-0.4, -0.2) is 39.1 Å². The van der Waals surface area contributed by atoms with E-state index in [0.29, 0.717) is 24.7 Å². The van der Waals surface area contributed by atoms with Crippen molar-refractivity contribution < 1.29 is 9.32 Å². The Morgan fingerprint density at radius 3 is 2.90 bits per heavy atom. The van der Waals surface area contributed by atoms with Gasteiger partial charge in [-0.3, -0.25) is 14.8 Å². The van der Waals surface area contributed by atoms with Crippen molar-refractivity contribution in [2.45, 2.75) is 38.6 Å². The van der Waals surface area contributed by atoms with Crippen molar-refractivity contribution in [2.75, 3.05) is 18.0 Å². The van der Waals surface area contributed by atoms with Crippen LogP contribution in [0.15, 0.2) is 35.2 Å². The summed E-state index contributed by atoms with van der Waals surface area (Å²) in [6.45, 7) is 4.24. The molecular formula is C21H22N6O2. The molecule has 1 saturated heterocycles. The first-order valence-corrected chi connectivity index (χ1v) is 9.92. The Hall–Kier alpha value is -3.29. The molecule has 5 heterocycles. The fourth-order valence-corrected chi connectivity index (χ4v) is 4.17. The maximum Gasteiger partial charge on any atom is 0.231 e. The van der Waals surface area contributed by atoms with E-state index in [2.05, 4.69) is 30.3 Å². The van der Waals surface area contributed by atoms with E-state index in [1.165, 1.54) is 11.1 Å². The SMILES string of the molecule is Cc1ncc2c(c1-c1noc(C3CCC(=O)NC3)n1)CCN(c1ccncc1)C2. The fourth-order valence-electron chi connectivity index (χ4n) is 4.17. The number of nitrogens with zero attached hydrogens (tertiary/aromatic N) is 5. The van der Waals surface area contributed by atoms with Crippen molar-refractivity contribution in [3.05, 3.63) is 53.4 Å². The monoisotopic (exact) mass is 390 g/mol. The van der Waals surface area contributed by atoms with Crippen LogP contribution in [0.4, 0.5) is 5.69 Å². The minimum Gasteiger partial charge on any atom is -0.367 e. The van der Waals surface area contributed by atoms with Crippen molar-refractivity contribution in [3.63, 3.8) is 0 Å². The lowest BCUT2D eigenvalue weighted by atomic mass is 9.94. The molecule has 8 heteroatoms. The summed E-state index contributed by atoms with van der Waals surface area (Å²) in [4.78, 5) is 27.1. The van der Waals surface area contributed by atoms with Crippen molar-refractivity contribution in [1.82, 2.24) is 25.4 Å². The number of anilines is 1. The van der Waals surface area contributed by atoms with Gasteiger partial charge in [0, 0.05) is 61.6 Å². The third kappa shape index (κ3) is 3.35. The second-order valence-corrected chi connectivity index (χ2v) is 7.60. The number of nitrogens with one attached hydrogen (secondary N) is 1. The zero-order valence-electron chi connectivity index (χ0n) is 16.3. The number of fused-ring (bicyclic) bond motifs is 1. The number of pyridine rings is 2. The maximum absolute atomic E-state index is 11.4. The molecule has 2 aliphatic rings. The Labute approximate surface area is 168 Å². The fraction of sp³-hybridized carbons (Fsp3) is 0.381. The molecule has 1 unspecified atom stereocenters. The van der Waals surface area contributed by atoms with E-state index in [9.17, 15) is 4.79 Å². The lowest BCUT2D eigenvalue weighted by Crippen LogP contribution is -2.33. The van der Waals surface area contributed by atoms with Crippen LogP contribution < -0.4 is 10.2 Å². The number of hydrogen-bond donors (Lipinski definition) is 1. The molecular weight excluding hydrogens is 368 g/mol. The molecule has 1 atom stereocenters. The first-order chi connectivity index (χ1) is 14.2. The minimum atomic E-state index is 0.0731. The number of carbonyl (C=O) groups excluding carboxylic acids is 1. The molecule has 148 valence electrons. The summed E-state index contributed by atoms with van der Waals surface area (Å²) in [7, 11) is 0. The third-order valence-electron chi connectivity index (χ3n) is 5.77. The van der Waals surface area contributed by atoms with E-state index < -0.39 is 0 Å². The van der Waals surface area contributed by atoms with E-state index in [1.54, 1.807) is 0 Å². The summed E-state index contributed by atoms with van der Waals surface area (Å²) < 4.78 is 5.57. The molecule has 5 rings (SSSR count). The Morgan fingerprint density at radius 2 is 2.10 bits per heavy atom. The lowest BCUT2D eigenvalue weighted by Gasteiger charge is -2.31. The highest BCUT2D eigenvalue weighted by molar-refractivity contribution is 5.76. The highest BCUT2D eigenvalue weighted by Crippen LogP contribution is 2.33. The molecule has 1 N–H and O–H groups in total. The van der Waals surface area contributed by atoms with Gasteiger partial charge in [0.1, 0.15) is 0 Å². The second-order valence-electron chi connectivity index (χ2n) is 7.60. The van der Waals surface area contributed by atoms with E-state index in [0.717, 1.165) is 42.9 Å². The summed E-state index contributed by atoms with van der Waals surface area (Å²) in [5.74, 6) is 1.34. The zero-order chi connectivity index (χ0) is 19.8. The van der Waals surface area contributed by atoms with Crippen LogP contribution in [0.2, 0.25) is 0 Å². The van der Waals surface area contributed by atoms with Crippen LogP contribution >= 0.6 is 0 Å². The van der Waals surface area contributed by atoms with Gasteiger partial charge < -0.3 is 14.7 Å². The number of piperidine rings is 1. The second kappa shape index (κ2) is 7.27. The van der Waals surface area contributed by atoms with Crippen LogP contribution in [0, 0.1) is 6.92 Å². The van der Waals surface area contributed by atoms with Gasteiger partial charge in [-0.1, -0.05) is 5.16 Å². The minimum absolute atomic E-state index is 0.0731. The number of amides is 1. The van der Waals surface area contributed by atoms with Crippen LogP contribution in [0.25, 0.3) is 11.4 Å². The summed E-state index contributed by atoms with van der Waals surface area (Å²) in [6, 6.07) is 4.06. The first kappa shape index (κ1) is 17.8. The van der Waals surface area contributed by atoms with E-state index >= 15 is 0 Å². The number of aromatic nitrogens is 4. The molecule has 1 amide bonds. The van der Waals surface area contributed by atoms with Gasteiger partial charge in [0.05, 0.1) is 5.92 Å².